The highest BCUT2D eigenvalue weighted by molar-refractivity contribution is 5.28. The molecular weight excluding hydrogens is 218 g/mol. The number of aryl methyl sites for hydroxylation is 1. The summed E-state index contributed by atoms with van der Waals surface area (Å²) in [5.74, 6) is 1.32. The zero-order chi connectivity index (χ0) is 12.1. The number of rotatable bonds is 4. The lowest BCUT2D eigenvalue weighted by Crippen LogP contribution is -2.44. The highest BCUT2D eigenvalue weighted by atomic mass is 16.5. The molecule has 0 aliphatic carbocycles. The topological polar surface area (TPSA) is 69.2 Å². The van der Waals surface area contributed by atoms with Gasteiger partial charge in [-0.3, -0.25) is 0 Å². The van der Waals surface area contributed by atoms with E-state index in [0.29, 0.717) is 24.7 Å². The first-order chi connectivity index (χ1) is 8.29. The van der Waals surface area contributed by atoms with Crippen molar-refractivity contribution in [1.29, 1.82) is 5.26 Å². The van der Waals surface area contributed by atoms with Gasteiger partial charge >= 0.3 is 0 Å². The van der Waals surface area contributed by atoms with Crippen molar-refractivity contribution in [1.82, 2.24) is 15.0 Å². The maximum Gasteiger partial charge on any atom is 0.266 e. The van der Waals surface area contributed by atoms with Crippen molar-refractivity contribution in [2.75, 3.05) is 38.1 Å². The van der Waals surface area contributed by atoms with E-state index in [2.05, 4.69) is 33.1 Å². The number of hydrogen-bond acceptors (Lipinski definition) is 6. The van der Waals surface area contributed by atoms with Crippen molar-refractivity contribution in [2.24, 2.45) is 0 Å². The van der Waals surface area contributed by atoms with E-state index < -0.39 is 0 Å². The zero-order valence-electron chi connectivity index (χ0n) is 10.1. The van der Waals surface area contributed by atoms with Gasteiger partial charge in [0, 0.05) is 39.0 Å². The van der Waals surface area contributed by atoms with Crippen molar-refractivity contribution >= 4 is 5.95 Å². The maximum absolute atomic E-state index is 8.45. The second kappa shape index (κ2) is 5.64. The predicted molar refractivity (Wildman–Crippen MR) is 62.6 cm³/mol. The number of nitrogens with zero attached hydrogens (tertiary/aromatic N) is 5. The average molecular weight is 235 g/mol. The van der Waals surface area contributed by atoms with Crippen molar-refractivity contribution in [2.45, 2.75) is 19.3 Å². The average Bonchev–Trinajstić information content (AvgIpc) is 2.79. The first-order valence-corrected chi connectivity index (χ1v) is 5.92. The smallest absolute Gasteiger partial charge is 0.266 e. The highest BCUT2D eigenvalue weighted by Crippen LogP contribution is 2.12. The summed E-state index contributed by atoms with van der Waals surface area (Å²) in [6, 6.07) is 2.11. The molecule has 0 spiro atoms. The minimum absolute atomic E-state index is 0.534. The largest absolute Gasteiger partial charge is 0.337 e. The summed E-state index contributed by atoms with van der Waals surface area (Å²) in [5, 5.41) is 12.4. The van der Waals surface area contributed by atoms with Crippen LogP contribution < -0.4 is 4.90 Å². The molecule has 92 valence electrons. The molecule has 0 bridgehead atoms. The molecule has 0 aromatic carbocycles. The second-order valence-electron chi connectivity index (χ2n) is 4.29. The molecule has 6 nitrogen and oxygen atoms in total. The SMILES string of the molecule is CN1CCN(c2noc(CCCC#N)n2)CC1. The van der Waals surface area contributed by atoms with Crippen LogP contribution in [0.15, 0.2) is 4.52 Å². The molecule has 1 fully saturated rings. The van der Waals surface area contributed by atoms with Crippen LogP contribution in [0.1, 0.15) is 18.7 Å². The number of anilines is 1. The van der Waals surface area contributed by atoms with Gasteiger partial charge in [-0.1, -0.05) is 0 Å². The van der Waals surface area contributed by atoms with E-state index in [1.54, 1.807) is 0 Å². The van der Waals surface area contributed by atoms with Crippen molar-refractivity contribution in [3.05, 3.63) is 5.89 Å². The molecule has 1 aromatic heterocycles. The van der Waals surface area contributed by atoms with Gasteiger partial charge in [-0.2, -0.15) is 10.2 Å². The van der Waals surface area contributed by atoms with E-state index in [4.69, 9.17) is 9.78 Å². The molecule has 0 unspecified atom stereocenters. The number of unbranched alkanes of at least 4 members (excludes halogenated alkanes) is 1. The Morgan fingerprint density at radius 3 is 2.82 bits per heavy atom. The van der Waals surface area contributed by atoms with E-state index in [0.717, 1.165) is 32.6 Å². The summed E-state index contributed by atoms with van der Waals surface area (Å²) < 4.78 is 5.17. The van der Waals surface area contributed by atoms with Crippen LogP contribution in [0.4, 0.5) is 5.95 Å². The Morgan fingerprint density at radius 2 is 2.12 bits per heavy atom. The number of hydrogen-bond donors (Lipinski definition) is 0. The molecule has 2 rings (SSSR count). The van der Waals surface area contributed by atoms with Crippen LogP contribution in [-0.4, -0.2) is 48.3 Å². The lowest BCUT2D eigenvalue weighted by atomic mass is 10.2. The highest BCUT2D eigenvalue weighted by Gasteiger charge is 2.18. The van der Waals surface area contributed by atoms with Crippen LogP contribution in [0.2, 0.25) is 0 Å². The van der Waals surface area contributed by atoms with Crippen LogP contribution in [0.3, 0.4) is 0 Å². The van der Waals surface area contributed by atoms with Crippen molar-refractivity contribution < 1.29 is 4.52 Å². The molecule has 0 saturated carbocycles. The van der Waals surface area contributed by atoms with Gasteiger partial charge in [0.05, 0.1) is 6.07 Å². The van der Waals surface area contributed by atoms with Gasteiger partial charge in [-0.25, -0.2) is 0 Å². The van der Waals surface area contributed by atoms with Gasteiger partial charge in [0.15, 0.2) is 0 Å². The number of piperazine rings is 1. The molecule has 17 heavy (non-hydrogen) atoms. The number of likely N-dealkylation sites (N-methyl/N-ethyl adjacent to an activating group) is 1. The van der Waals surface area contributed by atoms with Crippen molar-refractivity contribution in [3.63, 3.8) is 0 Å². The lowest BCUT2D eigenvalue weighted by Gasteiger charge is -2.31. The third-order valence-electron chi connectivity index (χ3n) is 2.92. The van der Waals surface area contributed by atoms with Gasteiger partial charge in [-0.15, -0.1) is 0 Å². The van der Waals surface area contributed by atoms with Gasteiger partial charge in [0.25, 0.3) is 5.95 Å². The summed E-state index contributed by atoms with van der Waals surface area (Å²) >= 11 is 0. The van der Waals surface area contributed by atoms with Gasteiger partial charge in [0.2, 0.25) is 5.89 Å². The Labute approximate surface area is 101 Å². The molecule has 0 N–H and O–H groups in total. The van der Waals surface area contributed by atoms with E-state index in [1.165, 1.54) is 0 Å². The molecule has 0 atom stereocenters. The third-order valence-corrected chi connectivity index (χ3v) is 2.92. The maximum atomic E-state index is 8.45. The summed E-state index contributed by atoms with van der Waals surface area (Å²) in [5.41, 5.74) is 0. The van der Waals surface area contributed by atoms with Crippen LogP contribution >= 0.6 is 0 Å². The molecule has 1 saturated heterocycles. The molecule has 1 aliphatic heterocycles. The van der Waals surface area contributed by atoms with E-state index in [9.17, 15) is 0 Å². The fraction of sp³-hybridized carbons (Fsp3) is 0.727. The number of aromatic nitrogens is 2. The Balaban J connectivity index is 1.87. The standard InChI is InChI=1S/C11H17N5O/c1-15-6-8-16(9-7-15)11-13-10(17-14-11)4-2-3-5-12/h2-4,6-9H2,1H3. The summed E-state index contributed by atoms with van der Waals surface area (Å²) in [4.78, 5) is 8.77. The Morgan fingerprint density at radius 1 is 1.35 bits per heavy atom. The van der Waals surface area contributed by atoms with Crippen LogP contribution in [-0.2, 0) is 6.42 Å². The fourth-order valence-electron chi connectivity index (χ4n) is 1.80. The normalized spacial score (nSPS) is 17.1. The fourth-order valence-corrected chi connectivity index (χ4v) is 1.80. The summed E-state index contributed by atoms with van der Waals surface area (Å²) in [7, 11) is 2.11. The van der Waals surface area contributed by atoms with E-state index in [1.807, 2.05) is 0 Å². The Hall–Kier alpha value is -1.61. The molecule has 0 radical (unpaired) electrons. The zero-order valence-corrected chi connectivity index (χ0v) is 10.1. The first-order valence-electron chi connectivity index (χ1n) is 5.92. The molecule has 1 aromatic rings. The molecule has 1 aliphatic rings. The van der Waals surface area contributed by atoms with Crippen LogP contribution in [0.5, 0.6) is 0 Å². The van der Waals surface area contributed by atoms with Gasteiger partial charge in [-0.05, 0) is 18.6 Å². The molecular formula is C11H17N5O. The molecule has 6 heteroatoms. The minimum Gasteiger partial charge on any atom is -0.337 e. The van der Waals surface area contributed by atoms with Crippen LogP contribution in [0, 0.1) is 11.3 Å². The second-order valence-corrected chi connectivity index (χ2v) is 4.29. The van der Waals surface area contributed by atoms with E-state index in [-0.39, 0.29) is 0 Å². The summed E-state index contributed by atoms with van der Waals surface area (Å²) in [6.07, 6.45) is 2.00. The quantitative estimate of drug-likeness (QED) is 0.714. The van der Waals surface area contributed by atoms with Gasteiger partial charge in [0.1, 0.15) is 0 Å². The van der Waals surface area contributed by atoms with Crippen LogP contribution in [0.25, 0.3) is 0 Å². The van der Waals surface area contributed by atoms with Crippen molar-refractivity contribution in [3.8, 4) is 6.07 Å². The van der Waals surface area contributed by atoms with Gasteiger partial charge < -0.3 is 14.3 Å². The van der Waals surface area contributed by atoms with E-state index >= 15 is 0 Å². The molecule has 2 heterocycles. The summed E-state index contributed by atoms with van der Waals surface area (Å²) in [6.45, 7) is 3.93. The first kappa shape index (κ1) is 11.9. The monoisotopic (exact) mass is 235 g/mol. The third kappa shape index (κ3) is 3.17. The Kier molecular flexibility index (Phi) is 3.94. The molecule has 0 amide bonds. The lowest BCUT2D eigenvalue weighted by molar-refractivity contribution is 0.308. The minimum atomic E-state index is 0.534. The number of nitriles is 1. The Bertz CT molecular complexity index is 389. The predicted octanol–water partition coefficient (Wildman–Crippen LogP) is 0.668.